The number of benzene rings is 1. The van der Waals surface area contributed by atoms with Crippen molar-refractivity contribution in [1.29, 1.82) is 0 Å². The van der Waals surface area contributed by atoms with E-state index in [9.17, 15) is 9.59 Å². The topological polar surface area (TPSA) is 49.4 Å². The van der Waals surface area contributed by atoms with E-state index in [1.807, 2.05) is 43.0 Å². The molecule has 2 heterocycles. The first-order valence-electron chi connectivity index (χ1n) is 8.05. The highest BCUT2D eigenvalue weighted by Crippen LogP contribution is 2.45. The van der Waals surface area contributed by atoms with Crippen LogP contribution in [0.3, 0.4) is 0 Å². The molecule has 0 aromatic heterocycles. The Morgan fingerprint density at radius 1 is 1.35 bits per heavy atom. The van der Waals surface area contributed by atoms with Crippen LogP contribution in [0, 0.1) is 0 Å². The monoisotopic (exact) mass is 350 g/mol. The number of rotatable bonds is 3. The average Bonchev–Trinajstić information content (AvgIpc) is 2.57. The average molecular weight is 351 g/mol. The van der Waals surface area contributed by atoms with Gasteiger partial charge in [0.1, 0.15) is 0 Å². The minimum absolute atomic E-state index is 0.119. The number of thioether (sulfide) groups is 2. The van der Waals surface area contributed by atoms with Crippen LogP contribution in [0.1, 0.15) is 26.7 Å². The molecule has 1 fully saturated rings. The predicted octanol–water partition coefficient (Wildman–Crippen LogP) is 2.92. The lowest BCUT2D eigenvalue weighted by atomic mass is 10.0. The van der Waals surface area contributed by atoms with Crippen LogP contribution in [-0.4, -0.2) is 40.7 Å². The normalized spacial score (nSPS) is 25.1. The molecule has 2 amide bonds. The molecule has 1 N–H and O–H groups in total. The van der Waals surface area contributed by atoms with E-state index in [-0.39, 0.29) is 17.9 Å². The third-order valence-electron chi connectivity index (χ3n) is 4.43. The van der Waals surface area contributed by atoms with Crippen LogP contribution in [0.2, 0.25) is 0 Å². The lowest BCUT2D eigenvalue weighted by molar-refractivity contribution is -0.131. The molecular weight excluding hydrogens is 328 g/mol. The van der Waals surface area contributed by atoms with E-state index in [2.05, 4.69) is 5.32 Å². The Kier molecular flexibility index (Phi) is 4.92. The SMILES string of the molecule is CCN1C(=O)C(C)(C(=O)NC2CCSCC2)Sc2ccccc21. The Morgan fingerprint density at radius 3 is 2.74 bits per heavy atom. The van der Waals surface area contributed by atoms with Crippen LogP contribution in [-0.2, 0) is 9.59 Å². The summed E-state index contributed by atoms with van der Waals surface area (Å²) >= 11 is 3.30. The maximum Gasteiger partial charge on any atom is 0.252 e. The number of carbonyl (C=O) groups is 2. The number of para-hydroxylation sites is 1. The van der Waals surface area contributed by atoms with Gasteiger partial charge in [-0.25, -0.2) is 0 Å². The fraction of sp³-hybridized carbons (Fsp3) is 0.529. The summed E-state index contributed by atoms with van der Waals surface area (Å²) in [5.74, 6) is 1.88. The maximum absolute atomic E-state index is 13.0. The molecule has 2 aliphatic rings. The van der Waals surface area contributed by atoms with Gasteiger partial charge in [0.25, 0.3) is 5.91 Å². The van der Waals surface area contributed by atoms with Gasteiger partial charge in [0.2, 0.25) is 5.91 Å². The molecule has 0 aliphatic carbocycles. The smallest absolute Gasteiger partial charge is 0.252 e. The van der Waals surface area contributed by atoms with Gasteiger partial charge in [-0.1, -0.05) is 23.9 Å². The summed E-state index contributed by atoms with van der Waals surface area (Å²) in [5.41, 5.74) is 0.907. The number of hydrogen-bond acceptors (Lipinski definition) is 4. The van der Waals surface area contributed by atoms with E-state index < -0.39 is 4.75 Å². The zero-order chi connectivity index (χ0) is 16.4. The number of fused-ring (bicyclic) bond motifs is 1. The molecule has 0 radical (unpaired) electrons. The summed E-state index contributed by atoms with van der Waals surface area (Å²) in [6.07, 6.45) is 1.97. The summed E-state index contributed by atoms with van der Waals surface area (Å²) in [5, 5.41) is 3.11. The van der Waals surface area contributed by atoms with Gasteiger partial charge in [-0.05, 0) is 50.3 Å². The first-order valence-corrected chi connectivity index (χ1v) is 10.0. The van der Waals surface area contributed by atoms with Gasteiger partial charge in [-0.15, -0.1) is 0 Å². The van der Waals surface area contributed by atoms with E-state index >= 15 is 0 Å². The standard InChI is InChI=1S/C17H22N2O2S2/c1-3-19-13-6-4-5-7-14(13)23-17(2,16(19)21)15(20)18-12-8-10-22-11-9-12/h4-7,12H,3,8-11H2,1-2H3,(H,18,20). The lowest BCUT2D eigenvalue weighted by Crippen LogP contribution is -2.58. The number of nitrogens with zero attached hydrogens (tertiary/aromatic N) is 1. The molecular formula is C17H22N2O2S2. The second-order valence-electron chi connectivity index (χ2n) is 6.01. The third kappa shape index (κ3) is 3.11. The minimum atomic E-state index is -1.09. The van der Waals surface area contributed by atoms with Gasteiger partial charge in [0, 0.05) is 17.5 Å². The molecule has 0 bridgehead atoms. The quantitative estimate of drug-likeness (QED) is 0.852. The first-order chi connectivity index (χ1) is 11.1. The number of amides is 2. The van der Waals surface area contributed by atoms with Crippen molar-refractivity contribution in [2.24, 2.45) is 0 Å². The molecule has 4 nitrogen and oxygen atoms in total. The zero-order valence-electron chi connectivity index (χ0n) is 13.5. The highest BCUT2D eigenvalue weighted by molar-refractivity contribution is 8.02. The Labute approximate surface area is 145 Å². The molecule has 6 heteroatoms. The van der Waals surface area contributed by atoms with Crippen LogP contribution < -0.4 is 10.2 Å². The highest BCUT2D eigenvalue weighted by atomic mass is 32.2. The van der Waals surface area contributed by atoms with Crippen LogP contribution in [0.15, 0.2) is 29.2 Å². The minimum Gasteiger partial charge on any atom is -0.352 e. The summed E-state index contributed by atoms with van der Waals surface area (Å²) in [7, 11) is 0. The Hall–Kier alpha value is -1.14. The third-order valence-corrected chi connectivity index (χ3v) is 6.81. The molecule has 2 aliphatic heterocycles. The molecule has 1 aromatic rings. The van der Waals surface area contributed by atoms with Crippen LogP contribution >= 0.6 is 23.5 Å². The fourth-order valence-electron chi connectivity index (χ4n) is 3.02. The molecule has 3 rings (SSSR count). The molecule has 1 aromatic carbocycles. The predicted molar refractivity (Wildman–Crippen MR) is 97.2 cm³/mol. The number of anilines is 1. The van der Waals surface area contributed by atoms with Crippen LogP contribution in [0.5, 0.6) is 0 Å². The van der Waals surface area contributed by atoms with Crippen LogP contribution in [0.25, 0.3) is 0 Å². The van der Waals surface area contributed by atoms with Crippen molar-refractivity contribution >= 4 is 41.0 Å². The molecule has 23 heavy (non-hydrogen) atoms. The number of carbonyl (C=O) groups excluding carboxylic acids is 2. The molecule has 1 unspecified atom stereocenters. The lowest BCUT2D eigenvalue weighted by Gasteiger charge is -2.39. The number of nitrogens with one attached hydrogen (secondary N) is 1. The Morgan fingerprint density at radius 2 is 2.04 bits per heavy atom. The summed E-state index contributed by atoms with van der Waals surface area (Å²) in [6, 6.07) is 8.00. The van der Waals surface area contributed by atoms with Crippen molar-refractivity contribution in [3.05, 3.63) is 24.3 Å². The van der Waals surface area contributed by atoms with Crippen molar-refractivity contribution in [2.75, 3.05) is 23.0 Å². The van der Waals surface area contributed by atoms with E-state index in [0.717, 1.165) is 34.9 Å². The molecule has 1 atom stereocenters. The Balaban J connectivity index is 1.85. The van der Waals surface area contributed by atoms with E-state index in [1.54, 1.807) is 11.8 Å². The molecule has 0 saturated carbocycles. The first kappa shape index (κ1) is 16.7. The molecule has 0 spiro atoms. The van der Waals surface area contributed by atoms with E-state index in [1.165, 1.54) is 11.8 Å². The molecule has 1 saturated heterocycles. The highest BCUT2D eigenvalue weighted by Gasteiger charge is 2.49. The van der Waals surface area contributed by atoms with Gasteiger partial charge in [0.15, 0.2) is 4.75 Å². The van der Waals surface area contributed by atoms with Gasteiger partial charge >= 0.3 is 0 Å². The van der Waals surface area contributed by atoms with Crippen molar-refractivity contribution in [2.45, 2.75) is 42.4 Å². The zero-order valence-corrected chi connectivity index (χ0v) is 15.1. The van der Waals surface area contributed by atoms with Gasteiger partial charge in [-0.3, -0.25) is 9.59 Å². The van der Waals surface area contributed by atoms with E-state index in [4.69, 9.17) is 0 Å². The second-order valence-corrected chi connectivity index (χ2v) is 8.70. The summed E-state index contributed by atoms with van der Waals surface area (Å²) in [4.78, 5) is 28.6. The number of hydrogen-bond donors (Lipinski definition) is 1. The van der Waals surface area contributed by atoms with Crippen molar-refractivity contribution in [3.8, 4) is 0 Å². The van der Waals surface area contributed by atoms with Gasteiger partial charge in [-0.2, -0.15) is 11.8 Å². The van der Waals surface area contributed by atoms with Crippen LogP contribution in [0.4, 0.5) is 5.69 Å². The fourth-order valence-corrected chi connectivity index (χ4v) is 5.34. The molecule has 124 valence electrons. The maximum atomic E-state index is 13.0. The Bertz CT molecular complexity index is 616. The van der Waals surface area contributed by atoms with E-state index in [0.29, 0.717) is 6.54 Å². The largest absolute Gasteiger partial charge is 0.352 e. The van der Waals surface area contributed by atoms with Crippen molar-refractivity contribution in [3.63, 3.8) is 0 Å². The van der Waals surface area contributed by atoms with Gasteiger partial charge < -0.3 is 10.2 Å². The summed E-state index contributed by atoms with van der Waals surface area (Å²) < 4.78 is -1.09. The van der Waals surface area contributed by atoms with Gasteiger partial charge in [0.05, 0.1) is 5.69 Å². The second kappa shape index (κ2) is 6.77. The van der Waals surface area contributed by atoms with Crippen molar-refractivity contribution in [1.82, 2.24) is 5.32 Å². The summed E-state index contributed by atoms with van der Waals surface area (Å²) in [6.45, 7) is 4.27. The van der Waals surface area contributed by atoms with Crippen molar-refractivity contribution < 1.29 is 9.59 Å².